The molecule has 1 aliphatic rings. The van der Waals surface area contributed by atoms with E-state index in [1.807, 2.05) is 6.07 Å². The van der Waals surface area contributed by atoms with E-state index in [0.29, 0.717) is 30.8 Å². The van der Waals surface area contributed by atoms with Crippen LogP contribution < -0.4 is 10.6 Å². The Morgan fingerprint density at radius 2 is 2.14 bits per heavy atom. The van der Waals surface area contributed by atoms with Crippen molar-refractivity contribution in [3.8, 4) is 0 Å². The molecule has 1 aromatic carbocycles. The number of nitrogens with one attached hydrogen (secondary N) is 2. The third-order valence-corrected chi connectivity index (χ3v) is 3.95. The van der Waals surface area contributed by atoms with Crippen LogP contribution in [0.3, 0.4) is 0 Å². The van der Waals surface area contributed by atoms with Gasteiger partial charge in [-0.15, -0.1) is 0 Å². The Bertz CT molecular complexity index is 470. The van der Waals surface area contributed by atoms with Crippen molar-refractivity contribution in [2.75, 3.05) is 13.1 Å². The fraction of sp³-hybridized carbons (Fsp3) is 0.588. The van der Waals surface area contributed by atoms with E-state index in [1.54, 1.807) is 12.1 Å². The highest BCUT2D eigenvalue weighted by Gasteiger charge is 2.29. The van der Waals surface area contributed by atoms with E-state index in [1.165, 1.54) is 6.07 Å². The molecule has 1 aliphatic carbocycles. The van der Waals surface area contributed by atoms with E-state index in [0.717, 1.165) is 24.9 Å². The summed E-state index contributed by atoms with van der Waals surface area (Å²) >= 11 is 0. The van der Waals surface area contributed by atoms with Gasteiger partial charge >= 0.3 is 0 Å². The smallest absolute Gasteiger partial charge is 0.221 e. The summed E-state index contributed by atoms with van der Waals surface area (Å²) in [7, 11) is 0. The fourth-order valence-corrected chi connectivity index (χ4v) is 2.61. The first-order chi connectivity index (χ1) is 10.0. The number of amides is 1. The molecule has 2 rings (SSSR count). The molecule has 0 spiro atoms. The van der Waals surface area contributed by atoms with Crippen LogP contribution >= 0.6 is 0 Å². The molecule has 1 aromatic rings. The van der Waals surface area contributed by atoms with Crippen LogP contribution in [0.15, 0.2) is 24.3 Å². The van der Waals surface area contributed by atoms with E-state index in [4.69, 9.17) is 0 Å². The number of hydrogen-bond acceptors (Lipinski definition) is 2. The lowest BCUT2D eigenvalue weighted by Crippen LogP contribution is -2.41. The van der Waals surface area contributed by atoms with Crippen LogP contribution in [-0.2, 0) is 4.79 Å². The summed E-state index contributed by atoms with van der Waals surface area (Å²) in [6, 6.07) is 7.32. The fourth-order valence-electron chi connectivity index (χ4n) is 2.61. The SMILES string of the molecule is CC(C)CNC(=O)CCNC1CC(c2cccc(F)c2)C1. The molecule has 0 aromatic heterocycles. The largest absolute Gasteiger partial charge is 0.356 e. The van der Waals surface area contributed by atoms with Crippen molar-refractivity contribution in [3.05, 3.63) is 35.6 Å². The van der Waals surface area contributed by atoms with Crippen molar-refractivity contribution in [2.24, 2.45) is 5.92 Å². The number of carbonyl (C=O) groups is 1. The van der Waals surface area contributed by atoms with E-state index in [2.05, 4.69) is 24.5 Å². The van der Waals surface area contributed by atoms with Gasteiger partial charge in [-0.05, 0) is 42.4 Å². The highest BCUT2D eigenvalue weighted by atomic mass is 19.1. The zero-order valence-electron chi connectivity index (χ0n) is 12.9. The monoisotopic (exact) mass is 292 g/mol. The highest BCUT2D eigenvalue weighted by Crippen LogP contribution is 2.36. The summed E-state index contributed by atoms with van der Waals surface area (Å²) in [6.07, 6.45) is 2.57. The molecule has 21 heavy (non-hydrogen) atoms. The lowest BCUT2D eigenvalue weighted by molar-refractivity contribution is -0.121. The Morgan fingerprint density at radius 3 is 2.81 bits per heavy atom. The second-order valence-electron chi connectivity index (χ2n) is 6.32. The average Bonchev–Trinajstić information content (AvgIpc) is 2.39. The molecule has 0 saturated heterocycles. The van der Waals surface area contributed by atoms with Gasteiger partial charge in [0.15, 0.2) is 0 Å². The third kappa shape index (κ3) is 5.12. The van der Waals surface area contributed by atoms with Gasteiger partial charge in [0.05, 0.1) is 0 Å². The summed E-state index contributed by atoms with van der Waals surface area (Å²) < 4.78 is 13.1. The van der Waals surface area contributed by atoms with Gasteiger partial charge in [-0.2, -0.15) is 0 Å². The summed E-state index contributed by atoms with van der Waals surface area (Å²) in [6.45, 7) is 5.62. The van der Waals surface area contributed by atoms with Crippen LogP contribution in [0.1, 0.15) is 44.6 Å². The van der Waals surface area contributed by atoms with Crippen molar-refractivity contribution >= 4 is 5.91 Å². The minimum atomic E-state index is -0.161. The molecule has 1 amide bonds. The van der Waals surface area contributed by atoms with Gasteiger partial charge in [-0.25, -0.2) is 4.39 Å². The molecule has 0 atom stereocenters. The zero-order chi connectivity index (χ0) is 15.2. The Labute approximate surface area is 126 Å². The molecule has 1 fully saturated rings. The molecule has 0 radical (unpaired) electrons. The highest BCUT2D eigenvalue weighted by molar-refractivity contribution is 5.76. The zero-order valence-corrected chi connectivity index (χ0v) is 12.9. The van der Waals surface area contributed by atoms with E-state index >= 15 is 0 Å². The predicted octanol–water partition coefficient (Wildman–Crippen LogP) is 2.82. The van der Waals surface area contributed by atoms with E-state index in [9.17, 15) is 9.18 Å². The topological polar surface area (TPSA) is 41.1 Å². The number of halogens is 1. The molecular weight excluding hydrogens is 267 g/mol. The van der Waals surface area contributed by atoms with Gasteiger partial charge in [-0.3, -0.25) is 4.79 Å². The molecular formula is C17H25FN2O. The number of hydrogen-bond donors (Lipinski definition) is 2. The maximum absolute atomic E-state index is 13.1. The predicted molar refractivity (Wildman–Crippen MR) is 82.6 cm³/mol. The van der Waals surface area contributed by atoms with Crippen LogP contribution in [-0.4, -0.2) is 25.0 Å². The van der Waals surface area contributed by atoms with Crippen molar-refractivity contribution in [1.82, 2.24) is 10.6 Å². The van der Waals surface area contributed by atoms with Crippen molar-refractivity contribution in [2.45, 2.75) is 45.1 Å². The second-order valence-corrected chi connectivity index (χ2v) is 6.32. The van der Waals surface area contributed by atoms with Gasteiger partial charge in [-0.1, -0.05) is 26.0 Å². The van der Waals surface area contributed by atoms with Gasteiger partial charge in [0, 0.05) is 25.6 Å². The summed E-state index contributed by atoms with van der Waals surface area (Å²) in [4.78, 5) is 11.6. The van der Waals surface area contributed by atoms with Crippen molar-refractivity contribution in [1.29, 1.82) is 0 Å². The Kier molecular flexibility index (Phi) is 5.74. The summed E-state index contributed by atoms with van der Waals surface area (Å²) in [5, 5.41) is 6.31. The third-order valence-electron chi connectivity index (χ3n) is 3.95. The Balaban J connectivity index is 1.59. The molecule has 3 nitrogen and oxygen atoms in total. The van der Waals surface area contributed by atoms with Crippen molar-refractivity contribution < 1.29 is 9.18 Å². The summed E-state index contributed by atoms with van der Waals surface area (Å²) in [5.74, 6) is 0.886. The maximum Gasteiger partial charge on any atom is 0.221 e. The minimum Gasteiger partial charge on any atom is -0.356 e. The lowest BCUT2D eigenvalue weighted by Gasteiger charge is -2.36. The van der Waals surface area contributed by atoms with Gasteiger partial charge in [0.2, 0.25) is 5.91 Å². The van der Waals surface area contributed by atoms with Gasteiger partial charge < -0.3 is 10.6 Å². The van der Waals surface area contributed by atoms with Crippen LogP contribution in [0.4, 0.5) is 4.39 Å². The normalized spacial score (nSPS) is 21.1. The van der Waals surface area contributed by atoms with E-state index in [-0.39, 0.29) is 11.7 Å². The molecule has 116 valence electrons. The first kappa shape index (κ1) is 16.0. The van der Waals surface area contributed by atoms with Crippen LogP contribution in [0.5, 0.6) is 0 Å². The Morgan fingerprint density at radius 1 is 1.38 bits per heavy atom. The molecule has 2 N–H and O–H groups in total. The number of rotatable bonds is 7. The summed E-state index contributed by atoms with van der Waals surface area (Å²) in [5.41, 5.74) is 1.09. The molecule has 1 saturated carbocycles. The van der Waals surface area contributed by atoms with Crippen LogP contribution in [0.25, 0.3) is 0 Å². The number of carbonyl (C=O) groups excluding carboxylic acids is 1. The van der Waals surface area contributed by atoms with E-state index < -0.39 is 0 Å². The minimum absolute atomic E-state index is 0.109. The quantitative estimate of drug-likeness (QED) is 0.811. The molecule has 0 unspecified atom stereocenters. The lowest BCUT2D eigenvalue weighted by atomic mass is 9.76. The van der Waals surface area contributed by atoms with Crippen molar-refractivity contribution in [3.63, 3.8) is 0 Å². The van der Waals surface area contributed by atoms with Crippen LogP contribution in [0, 0.1) is 11.7 Å². The molecule has 4 heteroatoms. The standard InChI is InChI=1S/C17H25FN2O/c1-12(2)11-20-17(21)6-7-19-16-9-14(10-16)13-4-3-5-15(18)8-13/h3-5,8,12,14,16,19H,6-7,9-11H2,1-2H3,(H,20,21). The molecule has 0 heterocycles. The maximum atomic E-state index is 13.1. The molecule has 0 bridgehead atoms. The van der Waals surface area contributed by atoms with Gasteiger partial charge in [0.25, 0.3) is 0 Å². The first-order valence-electron chi connectivity index (χ1n) is 7.80. The Hall–Kier alpha value is -1.42. The van der Waals surface area contributed by atoms with Gasteiger partial charge in [0.1, 0.15) is 5.82 Å². The number of benzene rings is 1. The average molecular weight is 292 g/mol. The molecule has 0 aliphatic heterocycles. The second kappa shape index (κ2) is 7.55. The first-order valence-corrected chi connectivity index (χ1v) is 7.80. The van der Waals surface area contributed by atoms with Crippen LogP contribution in [0.2, 0.25) is 0 Å².